The molecule has 88 valence electrons. The first kappa shape index (κ1) is 12.5. The van der Waals surface area contributed by atoms with Crippen LogP contribution in [0.1, 0.15) is 24.2 Å². The highest BCUT2D eigenvalue weighted by molar-refractivity contribution is 5.94. The van der Waals surface area contributed by atoms with Gasteiger partial charge in [-0.25, -0.2) is 0 Å². The van der Waals surface area contributed by atoms with Gasteiger partial charge in [0.15, 0.2) is 0 Å². The Hall–Kier alpha value is -1.55. The molecule has 0 aromatic heterocycles. The smallest absolute Gasteiger partial charge is 0.251 e. The summed E-state index contributed by atoms with van der Waals surface area (Å²) in [5.41, 5.74) is 6.81. The minimum absolute atomic E-state index is 0.0861. The molecule has 0 bridgehead atoms. The fourth-order valence-electron chi connectivity index (χ4n) is 1.45. The van der Waals surface area contributed by atoms with Crippen LogP contribution in [0.15, 0.2) is 24.3 Å². The van der Waals surface area contributed by atoms with E-state index in [0.29, 0.717) is 17.8 Å². The predicted octanol–water partition coefficient (Wildman–Crippen LogP) is 0.997. The molecule has 1 atom stereocenters. The van der Waals surface area contributed by atoms with Gasteiger partial charge in [0.05, 0.1) is 0 Å². The van der Waals surface area contributed by atoms with Crippen molar-refractivity contribution in [3.63, 3.8) is 0 Å². The van der Waals surface area contributed by atoms with Gasteiger partial charge in [-0.15, -0.1) is 0 Å². The number of anilines is 1. The van der Waals surface area contributed by atoms with Crippen LogP contribution in [-0.2, 0) is 0 Å². The van der Waals surface area contributed by atoms with Crippen LogP contribution in [0.2, 0.25) is 0 Å². The number of hydrogen-bond donors (Lipinski definition) is 3. The van der Waals surface area contributed by atoms with E-state index < -0.39 is 0 Å². The Morgan fingerprint density at radius 2 is 2.25 bits per heavy atom. The average molecular weight is 221 g/mol. The van der Waals surface area contributed by atoms with E-state index >= 15 is 0 Å². The summed E-state index contributed by atoms with van der Waals surface area (Å²) in [7, 11) is 0. The third-order valence-corrected chi connectivity index (χ3v) is 2.27. The number of likely N-dealkylation sites (N-methyl/N-ethyl adjacent to an activating group) is 1. The Morgan fingerprint density at radius 3 is 2.88 bits per heavy atom. The van der Waals surface area contributed by atoms with Crippen LogP contribution >= 0.6 is 0 Å². The summed E-state index contributed by atoms with van der Waals surface area (Å²) < 4.78 is 0. The fraction of sp³-hybridized carbons (Fsp3) is 0.417. The van der Waals surface area contributed by atoms with Gasteiger partial charge in [-0.1, -0.05) is 13.0 Å². The molecule has 4 heteroatoms. The van der Waals surface area contributed by atoms with E-state index in [2.05, 4.69) is 10.6 Å². The third-order valence-electron chi connectivity index (χ3n) is 2.27. The van der Waals surface area contributed by atoms with Crippen molar-refractivity contribution in [3.05, 3.63) is 29.8 Å². The van der Waals surface area contributed by atoms with Gasteiger partial charge >= 0.3 is 0 Å². The van der Waals surface area contributed by atoms with E-state index in [0.717, 1.165) is 6.54 Å². The van der Waals surface area contributed by atoms with Gasteiger partial charge in [0, 0.05) is 23.8 Å². The topological polar surface area (TPSA) is 67.1 Å². The molecule has 1 aromatic rings. The third kappa shape index (κ3) is 3.90. The van der Waals surface area contributed by atoms with Gasteiger partial charge < -0.3 is 16.4 Å². The molecule has 0 aliphatic heterocycles. The van der Waals surface area contributed by atoms with E-state index in [1.54, 1.807) is 24.3 Å². The maximum absolute atomic E-state index is 11.7. The van der Waals surface area contributed by atoms with Crippen LogP contribution in [0.4, 0.5) is 5.69 Å². The van der Waals surface area contributed by atoms with E-state index in [9.17, 15) is 4.79 Å². The highest BCUT2D eigenvalue weighted by Gasteiger charge is 2.06. The second kappa shape index (κ2) is 6.12. The van der Waals surface area contributed by atoms with Crippen molar-refractivity contribution in [1.82, 2.24) is 10.6 Å². The largest absolute Gasteiger partial charge is 0.399 e. The van der Waals surface area contributed by atoms with Gasteiger partial charge in [0.1, 0.15) is 0 Å². The van der Waals surface area contributed by atoms with E-state index in [1.165, 1.54) is 0 Å². The van der Waals surface area contributed by atoms with Crippen molar-refractivity contribution in [1.29, 1.82) is 0 Å². The SMILES string of the molecule is CCN[C@H](C)CNC(=O)c1cccc(N)c1. The summed E-state index contributed by atoms with van der Waals surface area (Å²) in [4.78, 5) is 11.7. The maximum atomic E-state index is 11.7. The number of amides is 1. The highest BCUT2D eigenvalue weighted by atomic mass is 16.1. The minimum atomic E-state index is -0.0861. The number of carbonyl (C=O) groups excluding carboxylic acids is 1. The Morgan fingerprint density at radius 1 is 1.50 bits per heavy atom. The minimum Gasteiger partial charge on any atom is -0.399 e. The number of nitrogen functional groups attached to an aromatic ring is 1. The monoisotopic (exact) mass is 221 g/mol. The van der Waals surface area contributed by atoms with Gasteiger partial charge in [-0.3, -0.25) is 4.79 Å². The Bertz CT molecular complexity index is 352. The van der Waals surface area contributed by atoms with Crippen molar-refractivity contribution in [3.8, 4) is 0 Å². The standard InChI is InChI=1S/C12H19N3O/c1-3-14-9(2)8-15-12(16)10-5-4-6-11(13)7-10/h4-7,9,14H,3,8,13H2,1-2H3,(H,15,16)/t9-/m1/s1. The molecule has 0 fully saturated rings. The van der Waals surface area contributed by atoms with Crippen molar-refractivity contribution >= 4 is 11.6 Å². The number of carbonyl (C=O) groups is 1. The Balaban J connectivity index is 2.47. The molecule has 0 spiro atoms. The normalized spacial score (nSPS) is 12.1. The van der Waals surface area contributed by atoms with Crippen molar-refractivity contribution in [2.45, 2.75) is 19.9 Å². The molecule has 0 saturated carbocycles. The van der Waals surface area contributed by atoms with Crippen LogP contribution in [0, 0.1) is 0 Å². The lowest BCUT2D eigenvalue weighted by molar-refractivity contribution is 0.0950. The summed E-state index contributed by atoms with van der Waals surface area (Å²) >= 11 is 0. The lowest BCUT2D eigenvalue weighted by Crippen LogP contribution is -2.38. The molecule has 4 N–H and O–H groups in total. The summed E-state index contributed by atoms with van der Waals surface area (Å²) in [6.07, 6.45) is 0. The molecule has 0 unspecified atom stereocenters. The van der Waals surface area contributed by atoms with Crippen molar-refractivity contribution < 1.29 is 4.79 Å². The molecule has 1 rings (SSSR count). The number of rotatable bonds is 5. The molecule has 16 heavy (non-hydrogen) atoms. The molecule has 0 radical (unpaired) electrons. The number of nitrogens with one attached hydrogen (secondary N) is 2. The second-order valence-corrected chi connectivity index (χ2v) is 3.79. The summed E-state index contributed by atoms with van der Waals surface area (Å²) in [6.45, 7) is 5.58. The van der Waals surface area contributed by atoms with Gasteiger partial charge in [0.2, 0.25) is 0 Å². The molecule has 4 nitrogen and oxygen atoms in total. The van der Waals surface area contributed by atoms with Crippen molar-refractivity contribution in [2.24, 2.45) is 0 Å². The second-order valence-electron chi connectivity index (χ2n) is 3.79. The number of nitrogens with two attached hydrogens (primary N) is 1. The quantitative estimate of drug-likeness (QED) is 0.650. The number of hydrogen-bond acceptors (Lipinski definition) is 3. The average Bonchev–Trinajstić information content (AvgIpc) is 2.26. The van der Waals surface area contributed by atoms with Crippen LogP contribution in [0.5, 0.6) is 0 Å². The molecule has 1 amide bonds. The van der Waals surface area contributed by atoms with Crippen LogP contribution in [-0.4, -0.2) is 25.0 Å². The maximum Gasteiger partial charge on any atom is 0.251 e. The zero-order valence-electron chi connectivity index (χ0n) is 9.79. The van der Waals surface area contributed by atoms with Gasteiger partial charge in [-0.05, 0) is 31.7 Å². The first-order chi connectivity index (χ1) is 7.63. The molecular formula is C12H19N3O. The van der Waals surface area contributed by atoms with E-state index in [1.807, 2.05) is 13.8 Å². The molecule has 0 aliphatic carbocycles. The summed E-state index contributed by atoms with van der Waals surface area (Å²) in [6, 6.07) is 7.24. The fourth-order valence-corrected chi connectivity index (χ4v) is 1.45. The zero-order chi connectivity index (χ0) is 12.0. The first-order valence-corrected chi connectivity index (χ1v) is 5.50. The van der Waals surface area contributed by atoms with Crippen molar-refractivity contribution in [2.75, 3.05) is 18.8 Å². The molecular weight excluding hydrogens is 202 g/mol. The molecule has 1 aromatic carbocycles. The summed E-state index contributed by atoms with van der Waals surface area (Å²) in [5.74, 6) is -0.0861. The lowest BCUT2D eigenvalue weighted by Gasteiger charge is -2.13. The van der Waals surface area contributed by atoms with Gasteiger partial charge in [-0.2, -0.15) is 0 Å². The Labute approximate surface area is 96.2 Å². The predicted molar refractivity (Wildman–Crippen MR) is 66.3 cm³/mol. The number of benzene rings is 1. The van der Waals surface area contributed by atoms with Crippen LogP contribution in [0.25, 0.3) is 0 Å². The zero-order valence-corrected chi connectivity index (χ0v) is 9.79. The van der Waals surface area contributed by atoms with E-state index in [-0.39, 0.29) is 11.9 Å². The first-order valence-electron chi connectivity index (χ1n) is 5.50. The van der Waals surface area contributed by atoms with E-state index in [4.69, 9.17) is 5.73 Å². The molecule has 0 saturated heterocycles. The van der Waals surface area contributed by atoms with Gasteiger partial charge in [0.25, 0.3) is 5.91 Å². The molecule has 0 aliphatic rings. The summed E-state index contributed by atoms with van der Waals surface area (Å²) in [5, 5.41) is 6.08. The lowest BCUT2D eigenvalue weighted by atomic mass is 10.2. The van der Waals surface area contributed by atoms with Crippen LogP contribution < -0.4 is 16.4 Å². The highest BCUT2D eigenvalue weighted by Crippen LogP contribution is 2.05. The molecule has 0 heterocycles. The van der Waals surface area contributed by atoms with Crippen LogP contribution in [0.3, 0.4) is 0 Å². The Kier molecular flexibility index (Phi) is 4.79.